The molecule has 0 aliphatic carbocycles. The predicted octanol–water partition coefficient (Wildman–Crippen LogP) is 1.31. The molecule has 2 fully saturated rings. The van der Waals surface area contributed by atoms with Gasteiger partial charge >= 0.3 is 6.09 Å². The Morgan fingerprint density at radius 1 is 1.33 bits per heavy atom. The van der Waals surface area contributed by atoms with Crippen LogP contribution in [0, 0.1) is 0 Å². The summed E-state index contributed by atoms with van der Waals surface area (Å²) in [6.07, 6.45) is 0.899. The third-order valence-electron chi connectivity index (χ3n) is 3.30. The van der Waals surface area contributed by atoms with Crippen molar-refractivity contribution < 1.29 is 9.53 Å². The van der Waals surface area contributed by atoms with E-state index in [1.807, 2.05) is 7.05 Å². The monoisotopic (exact) mass is 212 g/mol. The Balaban J connectivity index is 2.15. The van der Waals surface area contributed by atoms with E-state index in [9.17, 15) is 4.79 Å². The van der Waals surface area contributed by atoms with Crippen molar-refractivity contribution in [2.75, 3.05) is 20.1 Å². The lowest BCUT2D eigenvalue weighted by Gasteiger charge is -2.38. The first-order valence-corrected chi connectivity index (χ1v) is 5.56. The van der Waals surface area contributed by atoms with Crippen LogP contribution in [0.15, 0.2) is 0 Å². The first-order chi connectivity index (χ1) is 6.88. The van der Waals surface area contributed by atoms with Crippen molar-refractivity contribution in [1.29, 1.82) is 0 Å². The molecule has 0 spiro atoms. The summed E-state index contributed by atoms with van der Waals surface area (Å²) < 4.78 is 5.39. The molecule has 2 rings (SSSR count). The molecule has 86 valence electrons. The second-order valence-electron chi connectivity index (χ2n) is 5.60. The van der Waals surface area contributed by atoms with Gasteiger partial charge in [-0.25, -0.2) is 4.79 Å². The van der Waals surface area contributed by atoms with Crippen molar-refractivity contribution in [3.63, 3.8) is 0 Å². The Morgan fingerprint density at radius 2 is 2.00 bits per heavy atom. The van der Waals surface area contributed by atoms with Gasteiger partial charge in [0.15, 0.2) is 0 Å². The SMILES string of the molecule is CN1CC2CC(CN2C(C)(C)C)OC1=O. The largest absolute Gasteiger partial charge is 0.445 e. The zero-order chi connectivity index (χ0) is 11.2. The molecule has 2 bridgehead atoms. The van der Waals surface area contributed by atoms with E-state index in [4.69, 9.17) is 4.74 Å². The fourth-order valence-electron chi connectivity index (χ4n) is 2.58. The van der Waals surface area contributed by atoms with Gasteiger partial charge in [-0.2, -0.15) is 0 Å². The maximum Gasteiger partial charge on any atom is 0.409 e. The molecule has 2 aliphatic rings. The van der Waals surface area contributed by atoms with Gasteiger partial charge in [0.05, 0.1) is 0 Å². The van der Waals surface area contributed by atoms with Crippen LogP contribution in [0.3, 0.4) is 0 Å². The number of hydrogen-bond donors (Lipinski definition) is 0. The molecule has 1 amide bonds. The first-order valence-electron chi connectivity index (χ1n) is 5.56. The number of likely N-dealkylation sites (N-methyl/N-ethyl adjacent to an activating group) is 1. The van der Waals surface area contributed by atoms with Gasteiger partial charge in [-0.1, -0.05) is 0 Å². The fourth-order valence-corrected chi connectivity index (χ4v) is 2.58. The van der Waals surface area contributed by atoms with E-state index in [0.29, 0.717) is 6.04 Å². The molecule has 0 N–H and O–H groups in total. The number of carbonyl (C=O) groups excluding carboxylic acids is 1. The van der Waals surface area contributed by atoms with Gasteiger partial charge in [-0.15, -0.1) is 0 Å². The minimum absolute atomic E-state index is 0.0895. The van der Waals surface area contributed by atoms with E-state index in [1.165, 1.54) is 0 Å². The van der Waals surface area contributed by atoms with Crippen molar-refractivity contribution in [2.24, 2.45) is 0 Å². The molecule has 2 unspecified atom stereocenters. The maximum atomic E-state index is 11.4. The molecule has 4 heteroatoms. The molecule has 2 heterocycles. The molecule has 2 saturated heterocycles. The summed E-state index contributed by atoms with van der Waals surface area (Å²) in [6, 6.07) is 0.450. The first kappa shape index (κ1) is 10.7. The van der Waals surface area contributed by atoms with Crippen molar-refractivity contribution in [3.05, 3.63) is 0 Å². The average Bonchev–Trinajstić information content (AvgIpc) is 2.40. The molecule has 0 radical (unpaired) electrons. The van der Waals surface area contributed by atoms with Gasteiger partial charge in [0.1, 0.15) is 6.10 Å². The number of rotatable bonds is 0. The lowest BCUT2D eigenvalue weighted by atomic mass is 10.0. The maximum absolute atomic E-state index is 11.4. The van der Waals surface area contributed by atoms with Crippen LogP contribution in [0.25, 0.3) is 0 Å². The van der Waals surface area contributed by atoms with Gasteiger partial charge in [0.2, 0.25) is 0 Å². The number of carbonyl (C=O) groups is 1. The van der Waals surface area contributed by atoms with Crippen LogP contribution in [0.4, 0.5) is 4.79 Å². The molecule has 0 aromatic rings. The van der Waals surface area contributed by atoms with E-state index in [-0.39, 0.29) is 17.7 Å². The highest BCUT2D eigenvalue weighted by Gasteiger charge is 2.43. The lowest BCUT2D eigenvalue weighted by Crippen LogP contribution is -2.50. The van der Waals surface area contributed by atoms with Crippen molar-refractivity contribution in [2.45, 2.75) is 44.9 Å². The summed E-state index contributed by atoms with van der Waals surface area (Å²) in [5.41, 5.74) is 0.157. The molecule has 0 aromatic heterocycles. The van der Waals surface area contributed by atoms with Crippen LogP contribution in [-0.4, -0.2) is 53.7 Å². The molecule has 0 saturated carbocycles. The third kappa shape index (κ3) is 1.95. The van der Waals surface area contributed by atoms with E-state index in [2.05, 4.69) is 25.7 Å². The second-order valence-corrected chi connectivity index (χ2v) is 5.60. The zero-order valence-electron chi connectivity index (χ0n) is 9.99. The van der Waals surface area contributed by atoms with Crippen molar-refractivity contribution in [1.82, 2.24) is 9.80 Å². The van der Waals surface area contributed by atoms with E-state index < -0.39 is 0 Å². The summed E-state index contributed by atoms with van der Waals surface area (Å²) in [4.78, 5) is 15.6. The van der Waals surface area contributed by atoms with Crippen LogP contribution in [0.1, 0.15) is 27.2 Å². The van der Waals surface area contributed by atoms with Crippen molar-refractivity contribution in [3.8, 4) is 0 Å². The van der Waals surface area contributed by atoms with Crippen LogP contribution in [-0.2, 0) is 4.74 Å². The van der Waals surface area contributed by atoms with Gasteiger partial charge in [0.25, 0.3) is 0 Å². The summed E-state index contributed by atoms with van der Waals surface area (Å²) in [7, 11) is 1.81. The summed E-state index contributed by atoms with van der Waals surface area (Å²) in [5, 5.41) is 0. The van der Waals surface area contributed by atoms with E-state index in [0.717, 1.165) is 19.5 Å². The minimum Gasteiger partial charge on any atom is -0.445 e. The normalized spacial score (nSPS) is 32.8. The highest BCUT2D eigenvalue weighted by Crippen LogP contribution is 2.30. The summed E-state index contributed by atoms with van der Waals surface area (Å²) in [6.45, 7) is 8.31. The van der Waals surface area contributed by atoms with Gasteiger partial charge in [-0.3, -0.25) is 4.90 Å². The van der Waals surface area contributed by atoms with Crippen LogP contribution in [0.5, 0.6) is 0 Å². The van der Waals surface area contributed by atoms with Gasteiger partial charge in [0, 0.05) is 38.1 Å². The molecule has 2 atom stereocenters. The topological polar surface area (TPSA) is 32.8 Å². The van der Waals surface area contributed by atoms with Crippen LogP contribution >= 0.6 is 0 Å². The Bertz CT molecular complexity index is 272. The van der Waals surface area contributed by atoms with E-state index in [1.54, 1.807) is 4.90 Å². The highest BCUT2D eigenvalue weighted by molar-refractivity contribution is 5.68. The van der Waals surface area contributed by atoms with Gasteiger partial charge < -0.3 is 9.64 Å². The second kappa shape index (κ2) is 3.37. The Morgan fingerprint density at radius 3 is 2.60 bits per heavy atom. The predicted molar refractivity (Wildman–Crippen MR) is 57.8 cm³/mol. The minimum atomic E-state index is -0.170. The number of hydrogen-bond acceptors (Lipinski definition) is 3. The standard InChI is InChI=1S/C11H20N2O2/c1-11(2,3)13-7-9-5-8(13)6-12(4)10(14)15-9/h8-9H,5-7H2,1-4H3. The molecule has 2 aliphatic heterocycles. The molecular weight excluding hydrogens is 192 g/mol. The Kier molecular flexibility index (Phi) is 2.41. The van der Waals surface area contributed by atoms with Crippen molar-refractivity contribution >= 4 is 6.09 Å². The number of likely N-dealkylation sites (tertiary alicyclic amines) is 1. The number of ether oxygens (including phenoxy) is 1. The zero-order valence-corrected chi connectivity index (χ0v) is 9.99. The number of amides is 1. The average molecular weight is 212 g/mol. The van der Waals surface area contributed by atoms with Crippen LogP contribution in [0.2, 0.25) is 0 Å². The number of fused-ring (bicyclic) bond motifs is 2. The van der Waals surface area contributed by atoms with Crippen LogP contribution < -0.4 is 0 Å². The smallest absolute Gasteiger partial charge is 0.409 e. The summed E-state index contributed by atoms with van der Waals surface area (Å²) >= 11 is 0. The molecule has 15 heavy (non-hydrogen) atoms. The fraction of sp³-hybridized carbons (Fsp3) is 0.909. The number of nitrogens with zero attached hydrogens (tertiary/aromatic N) is 2. The quantitative estimate of drug-likeness (QED) is 0.607. The lowest BCUT2D eigenvalue weighted by molar-refractivity contribution is 0.0413. The Hall–Kier alpha value is -0.770. The van der Waals surface area contributed by atoms with Gasteiger partial charge in [-0.05, 0) is 20.8 Å². The third-order valence-corrected chi connectivity index (χ3v) is 3.30. The molecular formula is C11H20N2O2. The Labute approximate surface area is 91.2 Å². The molecule has 0 aromatic carbocycles. The highest BCUT2D eigenvalue weighted by atomic mass is 16.6. The molecule has 4 nitrogen and oxygen atoms in total. The summed E-state index contributed by atoms with van der Waals surface area (Å²) in [5.74, 6) is 0. The van der Waals surface area contributed by atoms with E-state index >= 15 is 0 Å².